The van der Waals surface area contributed by atoms with Gasteiger partial charge in [-0.3, -0.25) is 5.43 Å². The number of sulfonamides is 1. The van der Waals surface area contributed by atoms with Crippen molar-refractivity contribution in [1.82, 2.24) is 0 Å². The van der Waals surface area contributed by atoms with E-state index in [9.17, 15) is 12.8 Å². The first-order valence-electron chi connectivity index (χ1n) is 6.58. The van der Waals surface area contributed by atoms with Crippen molar-refractivity contribution in [2.24, 2.45) is 10.2 Å². The second-order valence-corrected chi connectivity index (χ2v) is 6.29. The van der Waals surface area contributed by atoms with Crippen LogP contribution in [0.5, 0.6) is 5.75 Å². The summed E-state index contributed by atoms with van der Waals surface area (Å²) in [5, 5.41) is 9.15. The van der Waals surface area contributed by atoms with Crippen molar-refractivity contribution in [1.29, 1.82) is 0 Å². The molecule has 0 bridgehead atoms. The molecular formula is C15H16FN3O3S. The van der Waals surface area contributed by atoms with Crippen LogP contribution in [0.1, 0.15) is 12.5 Å². The molecule has 0 radical (unpaired) electrons. The van der Waals surface area contributed by atoms with Gasteiger partial charge in [0.25, 0.3) is 0 Å². The molecular weight excluding hydrogens is 321 g/mol. The summed E-state index contributed by atoms with van der Waals surface area (Å²) in [4.78, 5) is 0.0148. The molecule has 0 aliphatic carbocycles. The van der Waals surface area contributed by atoms with E-state index in [1.54, 1.807) is 13.0 Å². The minimum atomic E-state index is -3.72. The quantitative estimate of drug-likeness (QED) is 0.647. The van der Waals surface area contributed by atoms with Crippen LogP contribution in [0, 0.1) is 5.82 Å². The van der Waals surface area contributed by atoms with Crippen LogP contribution in [-0.4, -0.2) is 21.2 Å². The molecule has 0 heterocycles. The fourth-order valence-electron chi connectivity index (χ4n) is 1.82. The van der Waals surface area contributed by atoms with Crippen molar-refractivity contribution in [2.75, 3.05) is 12.5 Å². The maximum atomic E-state index is 13.7. The summed E-state index contributed by atoms with van der Waals surface area (Å²) >= 11 is 0. The van der Waals surface area contributed by atoms with E-state index in [4.69, 9.17) is 9.88 Å². The number of hydrogen-bond donors (Lipinski definition) is 2. The van der Waals surface area contributed by atoms with Crippen molar-refractivity contribution in [3.8, 4) is 5.75 Å². The predicted octanol–water partition coefficient (Wildman–Crippen LogP) is 2.32. The second kappa shape index (κ2) is 6.76. The van der Waals surface area contributed by atoms with Crippen molar-refractivity contribution >= 4 is 21.4 Å². The van der Waals surface area contributed by atoms with Gasteiger partial charge in [0.15, 0.2) is 11.6 Å². The van der Waals surface area contributed by atoms with Gasteiger partial charge in [0.2, 0.25) is 10.0 Å². The Morgan fingerprint density at radius 2 is 1.87 bits per heavy atom. The van der Waals surface area contributed by atoms with Crippen LogP contribution in [-0.2, 0) is 10.0 Å². The summed E-state index contributed by atoms with van der Waals surface area (Å²) < 4.78 is 40.8. The smallest absolute Gasteiger partial charge is 0.238 e. The molecule has 0 aromatic heterocycles. The van der Waals surface area contributed by atoms with Crippen LogP contribution in [0.4, 0.5) is 10.1 Å². The van der Waals surface area contributed by atoms with E-state index < -0.39 is 15.8 Å². The summed E-state index contributed by atoms with van der Waals surface area (Å²) in [5.74, 6) is -0.315. The van der Waals surface area contributed by atoms with Crippen LogP contribution in [0.15, 0.2) is 52.5 Å². The zero-order chi connectivity index (χ0) is 17.0. The van der Waals surface area contributed by atoms with E-state index >= 15 is 0 Å². The number of anilines is 1. The summed E-state index contributed by atoms with van der Waals surface area (Å²) in [6.45, 7) is 1.72. The highest BCUT2D eigenvalue weighted by atomic mass is 32.2. The van der Waals surface area contributed by atoms with Crippen LogP contribution in [0.25, 0.3) is 0 Å². The number of rotatable bonds is 5. The lowest BCUT2D eigenvalue weighted by Gasteiger charge is -2.06. The Morgan fingerprint density at radius 3 is 2.39 bits per heavy atom. The van der Waals surface area contributed by atoms with E-state index in [-0.39, 0.29) is 10.6 Å². The molecule has 23 heavy (non-hydrogen) atoms. The summed E-state index contributed by atoms with van der Waals surface area (Å²) in [5.41, 5.74) is 4.49. The maximum Gasteiger partial charge on any atom is 0.238 e. The van der Waals surface area contributed by atoms with Crippen molar-refractivity contribution < 1.29 is 17.5 Å². The molecule has 0 aliphatic rings. The van der Waals surface area contributed by atoms with Gasteiger partial charge in [-0.25, -0.2) is 17.9 Å². The van der Waals surface area contributed by atoms with Gasteiger partial charge >= 0.3 is 0 Å². The molecule has 0 saturated heterocycles. The maximum absolute atomic E-state index is 13.7. The molecule has 0 unspecified atom stereocenters. The number of nitrogens with zero attached hydrogens (tertiary/aromatic N) is 1. The molecule has 6 nitrogen and oxygen atoms in total. The van der Waals surface area contributed by atoms with Gasteiger partial charge in [-0.2, -0.15) is 5.10 Å². The van der Waals surface area contributed by atoms with E-state index in [0.717, 1.165) is 0 Å². The third-order valence-electron chi connectivity index (χ3n) is 3.11. The van der Waals surface area contributed by atoms with Crippen LogP contribution in [0.2, 0.25) is 0 Å². The fraction of sp³-hybridized carbons (Fsp3) is 0.133. The SMILES string of the molecule is COc1ccc(C(C)=NNc2ccc(S(N)(=O)=O)cc2)cc1F. The summed E-state index contributed by atoms with van der Waals surface area (Å²) in [6, 6.07) is 10.3. The van der Waals surface area contributed by atoms with Gasteiger partial charge in [-0.05, 0) is 49.4 Å². The zero-order valence-electron chi connectivity index (χ0n) is 12.6. The lowest BCUT2D eigenvalue weighted by molar-refractivity contribution is 0.386. The Labute approximate surface area is 133 Å². The van der Waals surface area contributed by atoms with Gasteiger partial charge in [0.1, 0.15) is 0 Å². The topological polar surface area (TPSA) is 93.8 Å². The minimum absolute atomic E-state index is 0.0148. The predicted molar refractivity (Wildman–Crippen MR) is 86.6 cm³/mol. The Balaban J connectivity index is 2.14. The van der Waals surface area contributed by atoms with Crippen molar-refractivity contribution in [3.05, 3.63) is 53.8 Å². The molecule has 8 heteroatoms. The average molecular weight is 337 g/mol. The van der Waals surface area contributed by atoms with Crippen molar-refractivity contribution in [2.45, 2.75) is 11.8 Å². The Morgan fingerprint density at radius 1 is 1.22 bits per heavy atom. The Hall–Kier alpha value is -2.45. The number of halogens is 1. The highest BCUT2D eigenvalue weighted by molar-refractivity contribution is 7.89. The molecule has 0 amide bonds. The number of hydrazone groups is 1. The highest BCUT2D eigenvalue weighted by Gasteiger charge is 2.07. The van der Waals surface area contributed by atoms with Gasteiger partial charge in [0.05, 0.1) is 23.4 Å². The molecule has 2 rings (SSSR count). The molecule has 3 N–H and O–H groups in total. The van der Waals surface area contributed by atoms with E-state index in [1.165, 1.54) is 43.5 Å². The number of primary sulfonamides is 1. The van der Waals surface area contributed by atoms with Crippen LogP contribution >= 0.6 is 0 Å². The number of benzene rings is 2. The van der Waals surface area contributed by atoms with Crippen molar-refractivity contribution in [3.63, 3.8) is 0 Å². The first-order chi connectivity index (χ1) is 10.8. The molecule has 0 spiro atoms. The lowest BCUT2D eigenvalue weighted by atomic mass is 10.1. The van der Waals surface area contributed by atoms with Gasteiger partial charge in [-0.1, -0.05) is 0 Å². The van der Waals surface area contributed by atoms with Crippen LogP contribution in [0.3, 0.4) is 0 Å². The standard InChI is InChI=1S/C15H16FN3O3S/c1-10(11-3-8-15(22-2)14(16)9-11)18-19-12-4-6-13(7-5-12)23(17,20)21/h3-9,19H,1-2H3,(H2,17,20,21). The molecule has 0 atom stereocenters. The third-order valence-corrected chi connectivity index (χ3v) is 4.03. The first kappa shape index (κ1) is 16.9. The third kappa shape index (κ3) is 4.27. The number of nitrogens with two attached hydrogens (primary N) is 1. The Bertz CT molecular complexity index is 834. The van der Waals surface area contributed by atoms with Gasteiger partial charge < -0.3 is 4.74 Å². The van der Waals surface area contributed by atoms with E-state index in [2.05, 4.69) is 10.5 Å². The average Bonchev–Trinajstić information content (AvgIpc) is 2.52. The monoisotopic (exact) mass is 337 g/mol. The minimum Gasteiger partial charge on any atom is -0.494 e. The number of methoxy groups -OCH3 is 1. The fourth-order valence-corrected chi connectivity index (χ4v) is 2.34. The molecule has 0 fully saturated rings. The highest BCUT2D eigenvalue weighted by Crippen LogP contribution is 2.18. The zero-order valence-corrected chi connectivity index (χ0v) is 13.4. The number of hydrogen-bond acceptors (Lipinski definition) is 5. The second-order valence-electron chi connectivity index (χ2n) is 4.73. The molecule has 2 aromatic carbocycles. The Kier molecular flexibility index (Phi) is 4.97. The van der Waals surface area contributed by atoms with E-state index in [0.29, 0.717) is 17.0 Å². The van der Waals surface area contributed by atoms with E-state index in [1.807, 2.05) is 0 Å². The normalized spacial score (nSPS) is 12.1. The molecule has 0 saturated carbocycles. The number of ether oxygens (including phenoxy) is 1. The lowest BCUT2D eigenvalue weighted by Crippen LogP contribution is -2.11. The van der Waals surface area contributed by atoms with Gasteiger partial charge in [0, 0.05) is 5.56 Å². The molecule has 122 valence electrons. The molecule has 2 aromatic rings. The van der Waals surface area contributed by atoms with Crippen LogP contribution < -0.4 is 15.3 Å². The summed E-state index contributed by atoms with van der Waals surface area (Å²) in [7, 11) is -2.33. The molecule has 0 aliphatic heterocycles. The first-order valence-corrected chi connectivity index (χ1v) is 8.13. The largest absolute Gasteiger partial charge is 0.494 e. The van der Waals surface area contributed by atoms with Gasteiger partial charge in [-0.15, -0.1) is 0 Å². The number of nitrogens with one attached hydrogen (secondary N) is 1. The summed E-state index contributed by atoms with van der Waals surface area (Å²) in [6.07, 6.45) is 0.